The SMILES string of the molecule is CC(=O)c1ccc(/C=C\[C@H](C)C(F)(F)F)cc1. The van der Waals surface area contributed by atoms with Gasteiger partial charge in [-0.25, -0.2) is 0 Å². The highest BCUT2D eigenvalue weighted by molar-refractivity contribution is 5.94. The van der Waals surface area contributed by atoms with Gasteiger partial charge >= 0.3 is 6.18 Å². The van der Waals surface area contributed by atoms with Crippen molar-refractivity contribution >= 4 is 11.9 Å². The van der Waals surface area contributed by atoms with Crippen molar-refractivity contribution in [3.8, 4) is 0 Å². The van der Waals surface area contributed by atoms with Gasteiger partial charge in [0.05, 0.1) is 5.92 Å². The van der Waals surface area contributed by atoms with Crippen molar-refractivity contribution in [2.24, 2.45) is 5.92 Å². The Morgan fingerprint density at radius 1 is 1.24 bits per heavy atom. The van der Waals surface area contributed by atoms with Gasteiger partial charge in [-0.05, 0) is 12.5 Å². The molecule has 0 aromatic heterocycles. The van der Waals surface area contributed by atoms with E-state index in [0.29, 0.717) is 11.1 Å². The molecule has 1 aromatic carbocycles. The van der Waals surface area contributed by atoms with Crippen molar-refractivity contribution in [1.82, 2.24) is 0 Å². The van der Waals surface area contributed by atoms with Gasteiger partial charge in [0.25, 0.3) is 0 Å². The molecule has 1 nitrogen and oxygen atoms in total. The second kappa shape index (κ2) is 5.17. The Morgan fingerprint density at radius 2 is 1.76 bits per heavy atom. The number of rotatable bonds is 3. The van der Waals surface area contributed by atoms with Gasteiger partial charge < -0.3 is 0 Å². The average Bonchev–Trinajstić information content (AvgIpc) is 2.25. The lowest BCUT2D eigenvalue weighted by atomic mass is 10.1. The van der Waals surface area contributed by atoms with Gasteiger partial charge in [0.1, 0.15) is 0 Å². The molecule has 0 saturated heterocycles. The van der Waals surface area contributed by atoms with Crippen LogP contribution in [-0.2, 0) is 0 Å². The number of hydrogen-bond acceptors (Lipinski definition) is 1. The van der Waals surface area contributed by atoms with Crippen molar-refractivity contribution in [1.29, 1.82) is 0 Å². The average molecular weight is 242 g/mol. The second-order valence-corrected chi connectivity index (χ2v) is 3.87. The first-order valence-electron chi connectivity index (χ1n) is 5.16. The molecule has 1 rings (SSSR count). The van der Waals surface area contributed by atoms with Crippen LogP contribution in [0, 0.1) is 5.92 Å². The molecule has 0 amide bonds. The molecule has 0 N–H and O–H groups in total. The van der Waals surface area contributed by atoms with Gasteiger partial charge in [-0.1, -0.05) is 43.3 Å². The number of benzene rings is 1. The highest BCUT2D eigenvalue weighted by Gasteiger charge is 2.33. The number of allylic oxidation sites excluding steroid dienone is 1. The zero-order valence-electron chi connectivity index (χ0n) is 9.58. The van der Waals surface area contributed by atoms with E-state index >= 15 is 0 Å². The van der Waals surface area contributed by atoms with E-state index < -0.39 is 12.1 Å². The highest BCUT2D eigenvalue weighted by Crippen LogP contribution is 2.27. The molecular weight excluding hydrogens is 229 g/mol. The zero-order chi connectivity index (χ0) is 13.1. The Balaban J connectivity index is 2.76. The summed E-state index contributed by atoms with van der Waals surface area (Å²) in [5.74, 6) is -1.54. The van der Waals surface area contributed by atoms with Gasteiger partial charge in [0.2, 0.25) is 0 Å². The van der Waals surface area contributed by atoms with Crippen LogP contribution < -0.4 is 0 Å². The van der Waals surface area contributed by atoms with Gasteiger partial charge in [-0.15, -0.1) is 0 Å². The Bertz CT molecular complexity index is 415. The fraction of sp³-hybridized carbons (Fsp3) is 0.308. The van der Waals surface area contributed by atoms with Crippen LogP contribution in [0.25, 0.3) is 6.08 Å². The molecule has 1 aromatic rings. The van der Waals surface area contributed by atoms with Crippen molar-refractivity contribution in [2.45, 2.75) is 20.0 Å². The molecule has 0 saturated carbocycles. The molecule has 0 radical (unpaired) electrons. The summed E-state index contributed by atoms with van der Waals surface area (Å²) < 4.78 is 36.7. The molecule has 0 bridgehead atoms. The van der Waals surface area contributed by atoms with Crippen LogP contribution in [0.5, 0.6) is 0 Å². The van der Waals surface area contributed by atoms with Crippen LogP contribution in [-0.4, -0.2) is 12.0 Å². The van der Waals surface area contributed by atoms with Gasteiger partial charge in [-0.2, -0.15) is 13.2 Å². The van der Waals surface area contributed by atoms with Crippen LogP contribution in [0.2, 0.25) is 0 Å². The lowest BCUT2D eigenvalue weighted by Gasteiger charge is -2.10. The van der Waals surface area contributed by atoms with E-state index in [1.807, 2.05) is 0 Å². The van der Waals surface area contributed by atoms with Crippen molar-refractivity contribution in [3.63, 3.8) is 0 Å². The zero-order valence-corrected chi connectivity index (χ0v) is 9.58. The maximum atomic E-state index is 12.2. The first-order valence-corrected chi connectivity index (χ1v) is 5.16. The quantitative estimate of drug-likeness (QED) is 0.729. The number of carbonyl (C=O) groups is 1. The summed E-state index contributed by atoms with van der Waals surface area (Å²) in [5.41, 5.74) is 1.19. The van der Waals surface area contributed by atoms with Crippen LogP contribution in [0.4, 0.5) is 13.2 Å². The maximum absolute atomic E-state index is 12.2. The number of alkyl halides is 3. The largest absolute Gasteiger partial charge is 0.394 e. The lowest BCUT2D eigenvalue weighted by Crippen LogP contribution is -2.17. The molecule has 0 heterocycles. The van der Waals surface area contributed by atoms with Crippen LogP contribution in [0.3, 0.4) is 0 Å². The number of halogens is 3. The molecule has 0 unspecified atom stereocenters. The minimum Gasteiger partial charge on any atom is -0.295 e. The Labute approximate surface area is 98.0 Å². The standard InChI is InChI=1S/C13H13F3O/c1-9(13(14,15)16)3-4-11-5-7-12(8-6-11)10(2)17/h3-9H,1-2H3/b4-3-/t9-/m0/s1. The summed E-state index contributed by atoms with van der Waals surface area (Å²) in [7, 11) is 0. The number of carbonyl (C=O) groups excluding carboxylic acids is 1. The second-order valence-electron chi connectivity index (χ2n) is 3.87. The first kappa shape index (κ1) is 13.5. The van der Waals surface area contributed by atoms with E-state index in [2.05, 4.69) is 0 Å². The molecule has 0 spiro atoms. The third kappa shape index (κ3) is 4.06. The number of hydrogen-bond donors (Lipinski definition) is 0. The molecule has 0 fully saturated rings. The fourth-order valence-corrected chi connectivity index (χ4v) is 1.19. The number of ketones is 1. The normalized spacial score (nSPS) is 13.9. The molecule has 92 valence electrons. The predicted molar refractivity (Wildman–Crippen MR) is 60.7 cm³/mol. The third-order valence-electron chi connectivity index (χ3n) is 2.41. The van der Waals surface area contributed by atoms with Crippen LogP contribution >= 0.6 is 0 Å². The monoisotopic (exact) mass is 242 g/mol. The summed E-state index contributed by atoms with van der Waals surface area (Å²) in [4.78, 5) is 11.0. The van der Waals surface area contributed by atoms with E-state index in [4.69, 9.17) is 0 Å². The molecule has 4 heteroatoms. The van der Waals surface area contributed by atoms with E-state index in [-0.39, 0.29) is 5.78 Å². The first-order chi connectivity index (χ1) is 7.80. The van der Waals surface area contributed by atoms with Crippen LogP contribution in [0.15, 0.2) is 30.3 Å². The molecule has 0 aliphatic rings. The summed E-state index contributed by atoms with van der Waals surface area (Å²) in [6.07, 6.45) is -1.71. The molecular formula is C13H13F3O. The van der Waals surface area contributed by atoms with E-state index in [1.54, 1.807) is 24.3 Å². The summed E-state index contributed by atoms with van der Waals surface area (Å²) >= 11 is 0. The van der Waals surface area contributed by atoms with E-state index in [1.165, 1.54) is 13.0 Å². The molecule has 1 atom stereocenters. The van der Waals surface area contributed by atoms with Gasteiger partial charge in [0, 0.05) is 5.56 Å². The Kier molecular flexibility index (Phi) is 4.10. The molecule has 0 aliphatic heterocycles. The predicted octanol–water partition coefficient (Wildman–Crippen LogP) is 4.10. The van der Waals surface area contributed by atoms with Crippen LogP contribution in [0.1, 0.15) is 29.8 Å². The highest BCUT2D eigenvalue weighted by atomic mass is 19.4. The molecule has 17 heavy (non-hydrogen) atoms. The molecule has 0 aliphatic carbocycles. The number of Topliss-reactive ketones (excluding diaryl/α,β-unsaturated/α-hetero) is 1. The van der Waals surface area contributed by atoms with Crippen molar-refractivity contribution in [3.05, 3.63) is 41.5 Å². The minimum atomic E-state index is -4.21. The summed E-state index contributed by atoms with van der Waals surface area (Å²) in [5, 5.41) is 0. The van der Waals surface area contributed by atoms with Crippen molar-refractivity contribution in [2.75, 3.05) is 0 Å². The third-order valence-corrected chi connectivity index (χ3v) is 2.41. The lowest BCUT2D eigenvalue weighted by molar-refractivity contribution is -0.156. The Morgan fingerprint density at radius 3 is 2.18 bits per heavy atom. The Hall–Kier alpha value is -1.58. The maximum Gasteiger partial charge on any atom is 0.394 e. The van der Waals surface area contributed by atoms with Gasteiger partial charge in [0.15, 0.2) is 5.78 Å². The topological polar surface area (TPSA) is 17.1 Å². The van der Waals surface area contributed by atoms with Gasteiger partial charge in [-0.3, -0.25) is 4.79 Å². The van der Waals surface area contributed by atoms with Crippen molar-refractivity contribution < 1.29 is 18.0 Å². The van der Waals surface area contributed by atoms with E-state index in [0.717, 1.165) is 13.0 Å². The fourth-order valence-electron chi connectivity index (χ4n) is 1.19. The van der Waals surface area contributed by atoms with E-state index in [9.17, 15) is 18.0 Å². The summed E-state index contributed by atoms with van der Waals surface area (Å²) in [6, 6.07) is 6.44. The minimum absolute atomic E-state index is 0.0656. The smallest absolute Gasteiger partial charge is 0.295 e. The summed E-state index contributed by atoms with van der Waals surface area (Å²) in [6.45, 7) is 2.54.